The molecule has 2 fully saturated rings. The quantitative estimate of drug-likeness (QED) is 0.134. The second-order valence-corrected chi connectivity index (χ2v) is 16.5. The molecule has 5 aromatic rings. The molecular formula is C42H57N11O5. The van der Waals surface area contributed by atoms with Crippen LogP contribution in [-0.2, 0) is 21.5 Å². The standard InChI is InChI=1S/C41H55N11O3.CH2O2/c1-28-10-8-9-19-50(28)40-46-45-37-16-13-31(27-51(37)40)55-35-15-14-34(32-11-6-7-12-33(32)35)43-39(53)44-38-24-36(41(2,3)4)47-52(38)29-25-42-49(26-29)23-22-48-20-17-30(54-5)18-21-48;2-1-3/h6-7,11-13,16,24-28,30,34-35H,8-10,14-15,17-23H2,1-5H3,(H2,43,44,53);1H,(H,2,3). The van der Waals surface area contributed by atoms with Crippen molar-refractivity contribution in [2.75, 3.05) is 43.5 Å². The molecule has 3 atom stereocenters. The van der Waals surface area contributed by atoms with Crippen LogP contribution in [0.4, 0.5) is 16.6 Å². The molecular weight excluding hydrogens is 739 g/mol. The lowest BCUT2D eigenvalue weighted by atomic mass is 9.85. The molecule has 58 heavy (non-hydrogen) atoms. The Kier molecular flexibility index (Phi) is 12.6. The van der Waals surface area contributed by atoms with Gasteiger partial charge in [0.2, 0.25) is 5.95 Å². The molecule has 3 aliphatic rings. The molecule has 1 aliphatic carbocycles. The van der Waals surface area contributed by atoms with E-state index in [9.17, 15) is 4.79 Å². The summed E-state index contributed by atoms with van der Waals surface area (Å²) in [5.41, 5.74) is 4.39. The highest BCUT2D eigenvalue weighted by Gasteiger charge is 2.31. The number of pyridine rings is 1. The zero-order chi connectivity index (χ0) is 40.8. The number of carbonyl (C=O) groups is 2. The number of likely N-dealkylation sites (tertiary alicyclic amines) is 1. The molecule has 16 heteroatoms. The van der Waals surface area contributed by atoms with Crippen LogP contribution in [0, 0.1) is 0 Å². The summed E-state index contributed by atoms with van der Waals surface area (Å²) in [4.78, 5) is 26.9. The fourth-order valence-corrected chi connectivity index (χ4v) is 8.25. The molecule has 16 nitrogen and oxygen atoms in total. The molecule has 2 saturated heterocycles. The van der Waals surface area contributed by atoms with Crippen molar-refractivity contribution >= 4 is 29.9 Å². The van der Waals surface area contributed by atoms with Crippen LogP contribution < -0.4 is 20.3 Å². The van der Waals surface area contributed by atoms with E-state index in [1.54, 1.807) is 11.8 Å². The second kappa shape index (κ2) is 18.0. The van der Waals surface area contributed by atoms with Crippen LogP contribution in [-0.4, -0.2) is 102 Å². The predicted molar refractivity (Wildman–Crippen MR) is 221 cm³/mol. The first-order valence-electron chi connectivity index (χ1n) is 20.5. The third-order valence-electron chi connectivity index (χ3n) is 11.5. The van der Waals surface area contributed by atoms with Gasteiger partial charge in [-0.05, 0) is 75.1 Å². The van der Waals surface area contributed by atoms with Crippen molar-refractivity contribution in [1.82, 2.24) is 44.4 Å². The molecule has 8 rings (SSSR count). The molecule has 2 aliphatic heterocycles. The highest BCUT2D eigenvalue weighted by molar-refractivity contribution is 5.89. The number of carboxylic acid groups (broad SMARTS) is 1. The lowest BCUT2D eigenvalue weighted by molar-refractivity contribution is -0.122. The molecule has 0 radical (unpaired) electrons. The molecule has 3 unspecified atom stereocenters. The van der Waals surface area contributed by atoms with Gasteiger partial charge in [0, 0.05) is 50.8 Å². The summed E-state index contributed by atoms with van der Waals surface area (Å²) in [6, 6.07) is 14.1. The minimum atomic E-state index is -0.287. The number of benzene rings is 1. The Bertz CT molecular complexity index is 2150. The summed E-state index contributed by atoms with van der Waals surface area (Å²) in [5, 5.41) is 31.9. The Hall–Kier alpha value is -5.48. The molecule has 6 heterocycles. The summed E-state index contributed by atoms with van der Waals surface area (Å²) < 4.78 is 18.0. The Balaban J connectivity index is 0.00000166. The summed E-state index contributed by atoms with van der Waals surface area (Å²) in [5.74, 6) is 2.22. The third kappa shape index (κ3) is 9.28. The van der Waals surface area contributed by atoms with E-state index in [0.717, 1.165) is 111 Å². The molecule has 4 aromatic heterocycles. The second-order valence-electron chi connectivity index (χ2n) is 16.5. The van der Waals surface area contributed by atoms with Gasteiger partial charge in [0.05, 0.1) is 43.0 Å². The maximum absolute atomic E-state index is 13.8. The normalized spacial score (nSPS) is 20.2. The largest absolute Gasteiger partial charge is 0.484 e. The van der Waals surface area contributed by atoms with Gasteiger partial charge in [-0.2, -0.15) is 10.2 Å². The van der Waals surface area contributed by atoms with Gasteiger partial charge in [-0.15, -0.1) is 10.2 Å². The molecule has 2 amide bonds. The van der Waals surface area contributed by atoms with Crippen LogP contribution in [0.5, 0.6) is 5.75 Å². The van der Waals surface area contributed by atoms with E-state index >= 15 is 0 Å². The van der Waals surface area contributed by atoms with Gasteiger partial charge in [-0.25, -0.2) is 9.48 Å². The topological polar surface area (TPSA) is 169 Å². The van der Waals surface area contributed by atoms with Crippen molar-refractivity contribution in [2.24, 2.45) is 0 Å². The first kappa shape index (κ1) is 40.7. The van der Waals surface area contributed by atoms with Crippen LogP contribution in [0.3, 0.4) is 0 Å². The van der Waals surface area contributed by atoms with Gasteiger partial charge in [0.25, 0.3) is 6.47 Å². The van der Waals surface area contributed by atoms with Gasteiger partial charge in [0.1, 0.15) is 23.4 Å². The summed E-state index contributed by atoms with van der Waals surface area (Å²) in [6.07, 6.45) is 13.2. The third-order valence-corrected chi connectivity index (χ3v) is 11.5. The minimum absolute atomic E-state index is 0.159. The van der Waals surface area contributed by atoms with E-state index in [1.165, 1.54) is 6.42 Å². The van der Waals surface area contributed by atoms with E-state index in [2.05, 4.69) is 80.0 Å². The average molecular weight is 796 g/mol. The number of urea groups is 1. The van der Waals surface area contributed by atoms with Crippen molar-refractivity contribution in [3.05, 3.63) is 77.9 Å². The van der Waals surface area contributed by atoms with Crippen molar-refractivity contribution in [2.45, 2.75) is 109 Å². The monoisotopic (exact) mass is 795 g/mol. The van der Waals surface area contributed by atoms with E-state index < -0.39 is 0 Å². The number of amides is 2. The van der Waals surface area contributed by atoms with Crippen LogP contribution in [0.15, 0.2) is 61.1 Å². The fraction of sp³-hybridized carbons (Fsp3) is 0.524. The van der Waals surface area contributed by atoms with Crippen LogP contribution in [0.1, 0.15) is 102 Å². The van der Waals surface area contributed by atoms with Crippen LogP contribution in [0.25, 0.3) is 11.3 Å². The molecule has 0 spiro atoms. The van der Waals surface area contributed by atoms with Gasteiger partial charge >= 0.3 is 6.03 Å². The maximum Gasteiger partial charge on any atom is 0.320 e. The van der Waals surface area contributed by atoms with Crippen molar-refractivity contribution in [3.63, 3.8) is 0 Å². The number of fused-ring (bicyclic) bond motifs is 2. The Morgan fingerprint density at radius 3 is 2.48 bits per heavy atom. The number of anilines is 2. The Morgan fingerprint density at radius 2 is 1.74 bits per heavy atom. The first-order chi connectivity index (χ1) is 28.0. The number of ether oxygens (including phenoxy) is 2. The van der Waals surface area contributed by atoms with E-state index in [-0.39, 0.29) is 30.1 Å². The van der Waals surface area contributed by atoms with Crippen LogP contribution in [0.2, 0.25) is 0 Å². The lowest BCUT2D eigenvalue weighted by Gasteiger charge is -2.33. The first-order valence-corrected chi connectivity index (χ1v) is 20.5. The zero-order valence-corrected chi connectivity index (χ0v) is 34.3. The number of carbonyl (C=O) groups excluding carboxylic acids is 1. The highest BCUT2D eigenvalue weighted by atomic mass is 16.5. The average Bonchev–Trinajstić information content (AvgIpc) is 3.98. The van der Waals surface area contributed by atoms with Gasteiger partial charge in [-0.1, -0.05) is 45.0 Å². The fourth-order valence-electron chi connectivity index (χ4n) is 8.25. The van der Waals surface area contributed by atoms with E-state index in [1.807, 2.05) is 53.6 Å². The summed E-state index contributed by atoms with van der Waals surface area (Å²) in [7, 11) is 1.80. The maximum atomic E-state index is 13.8. The number of nitrogens with zero attached hydrogens (tertiary/aromatic N) is 9. The predicted octanol–water partition coefficient (Wildman–Crippen LogP) is 6.38. The van der Waals surface area contributed by atoms with E-state index in [4.69, 9.17) is 24.5 Å². The number of hydrogen-bond acceptors (Lipinski definition) is 10. The molecule has 3 N–H and O–H groups in total. The number of aromatic nitrogens is 7. The SMILES string of the molecule is COC1CCN(CCn2cc(-n3nc(C(C)(C)C)cc3NC(=O)NC3CCC(Oc4ccc5nnc(N6CCCCC6C)n5c4)c4ccccc43)cn2)CC1.O=CO. The highest BCUT2D eigenvalue weighted by Crippen LogP contribution is 2.39. The number of nitrogens with one attached hydrogen (secondary N) is 2. The lowest BCUT2D eigenvalue weighted by Crippen LogP contribution is -2.38. The summed E-state index contributed by atoms with van der Waals surface area (Å²) in [6.45, 7) is 13.1. The molecule has 0 saturated carbocycles. The smallest absolute Gasteiger partial charge is 0.320 e. The molecule has 1 aromatic carbocycles. The molecule has 0 bridgehead atoms. The van der Waals surface area contributed by atoms with E-state index in [0.29, 0.717) is 18.0 Å². The van der Waals surface area contributed by atoms with Gasteiger partial charge in [0.15, 0.2) is 5.65 Å². The van der Waals surface area contributed by atoms with Crippen molar-refractivity contribution in [1.29, 1.82) is 0 Å². The zero-order valence-electron chi connectivity index (χ0n) is 34.3. The van der Waals surface area contributed by atoms with Crippen molar-refractivity contribution in [3.8, 4) is 11.4 Å². The number of piperidine rings is 2. The molecule has 310 valence electrons. The van der Waals surface area contributed by atoms with Gasteiger partial charge in [-0.3, -0.25) is 19.2 Å². The summed E-state index contributed by atoms with van der Waals surface area (Å²) >= 11 is 0. The Morgan fingerprint density at radius 1 is 0.966 bits per heavy atom. The number of rotatable bonds is 10. The van der Waals surface area contributed by atoms with Crippen molar-refractivity contribution < 1.29 is 24.2 Å². The van der Waals surface area contributed by atoms with Gasteiger partial charge < -0.3 is 29.7 Å². The Labute approximate surface area is 339 Å². The number of hydrogen-bond donors (Lipinski definition) is 3. The number of methoxy groups -OCH3 is 1. The van der Waals surface area contributed by atoms with Crippen LogP contribution >= 0.6 is 0 Å². The minimum Gasteiger partial charge on any atom is -0.484 e.